The summed E-state index contributed by atoms with van der Waals surface area (Å²) in [6.45, 7) is 11.4. The molecular weight excluding hydrogens is 304 g/mol. The largest absolute Gasteiger partial charge is 0.462 e. The topological polar surface area (TPSA) is 52.6 Å². The van der Waals surface area contributed by atoms with Gasteiger partial charge in [-0.25, -0.2) is 9.59 Å². The number of hydrogen-bond donors (Lipinski definition) is 0. The number of carbonyl (C=O) groups excluding carboxylic acids is 2. The van der Waals surface area contributed by atoms with Gasteiger partial charge in [0.05, 0.1) is 12.2 Å². The quantitative estimate of drug-likeness (QED) is 0.494. The molecule has 24 heavy (non-hydrogen) atoms. The summed E-state index contributed by atoms with van der Waals surface area (Å²) in [4.78, 5) is 23.9. The molecule has 0 aliphatic carbocycles. The van der Waals surface area contributed by atoms with E-state index in [0.717, 1.165) is 6.42 Å². The zero-order valence-corrected chi connectivity index (χ0v) is 15.2. The van der Waals surface area contributed by atoms with Gasteiger partial charge in [-0.3, -0.25) is 0 Å². The maximum absolute atomic E-state index is 12.1. The average Bonchev–Trinajstić information content (AvgIpc) is 2.60. The summed E-state index contributed by atoms with van der Waals surface area (Å²) in [6, 6.07) is 7.39. The molecule has 4 nitrogen and oxygen atoms in total. The van der Waals surface area contributed by atoms with Gasteiger partial charge in [-0.15, -0.1) is 0 Å². The first kappa shape index (κ1) is 19.9. The van der Waals surface area contributed by atoms with E-state index in [1.54, 1.807) is 19.1 Å². The van der Waals surface area contributed by atoms with E-state index in [0.29, 0.717) is 30.4 Å². The molecule has 0 amide bonds. The van der Waals surface area contributed by atoms with Gasteiger partial charge in [0.1, 0.15) is 5.60 Å². The van der Waals surface area contributed by atoms with Gasteiger partial charge in [0, 0.05) is 12.0 Å². The second-order valence-electron chi connectivity index (χ2n) is 6.00. The minimum atomic E-state index is -0.623. The normalized spacial score (nSPS) is 11.0. The van der Waals surface area contributed by atoms with Gasteiger partial charge in [-0.2, -0.15) is 0 Å². The maximum Gasteiger partial charge on any atom is 0.338 e. The number of benzene rings is 1. The third-order valence-corrected chi connectivity index (χ3v) is 4.34. The van der Waals surface area contributed by atoms with Crippen molar-refractivity contribution in [3.63, 3.8) is 0 Å². The fourth-order valence-corrected chi connectivity index (χ4v) is 2.37. The predicted octanol–water partition coefficient (Wildman–Crippen LogP) is 4.47. The smallest absolute Gasteiger partial charge is 0.338 e. The molecule has 1 aromatic rings. The van der Waals surface area contributed by atoms with Crippen molar-refractivity contribution in [2.45, 2.75) is 59.0 Å². The minimum absolute atomic E-state index is 0.208. The van der Waals surface area contributed by atoms with Crippen LogP contribution in [-0.4, -0.2) is 24.1 Å². The molecule has 0 bridgehead atoms. The third kappa shape index (κ3) is 5.52. The molecule has 0 aromatic heterocycles. The summed E-state index contributed by atoms with van der Waals surface area (Å²) >= 11 is 0. The SMILES string of the molecule is C=C(C)C(=O)OC(CC)(CC)CCOC(=O)c1ccc(CC)cc1. The molecule has 0 saturated heterocycles. The number of esters is 2. The van der Waals surface area contributed by atoms with Crippen LogP contribution in [0.4, 0.5) is 0 Å². The summed E-state index contributed by atoms with van der Waals surface area (Å²) in [5.41, 5.74) is 1.45. The van der Waals surface area contributed by atoms with Crippen molar-refractivity contribution in [3.8, 4) is 0 Å². The lowest BCUT2D eigenvalue weighted by Gasteiger charge is -2.31. The molecule has 0 spiro atoms. The van der Waals surface area contributed by atoms with Crippen molar-refractivity contribution in [1.29, 1.82) is 0 Å². The standard InChI is InChI=1S/C20H28O4/c1-6-16-9-11-17(12-10-16)19(22)23-14-13-20(7-2,8-3)24-18(21)15(4)5/h9-12H,4,6-8,13-14H2,1-3,5H3. The van der Waals surface area contributed by atoms with E-state index in [9.17, 15) is 9.59 Å². The Hall–Kier alpha value is -2.10. The van der Waals surface area contributed by atoms with Crippen LogP contribution < -0.4 is 0 Å². The maximum atomic E-state index is 12.1. The number of aryl methyl sites for hydroxylation is 1. The molecule has 0 radical (unpaired) electrons. The summed E-state index contributed by atoms with van der Waals surface area (Å²) in [5.74, 6) is -0.759. The highest BCUT2D eigenvalue weighted by molar-refractivity contribution is 5.89. The van der Waals surface area contributed by atoms with Gasteiger partial charge >= 0.3 is 11.9 Å². The lowest BCUT2D eigenvalue weighted by molar-refractivity contribution is -0.157. The van der Waals surface area contributed by atoms with Gasteiger partial charge in [0.25, 0.3) is 0 Å². The Balaban J connectivity index is 2.62. The monoisotopic (exact) mass is 332 g/mol. The molecule has 0 fully saturated rings. The highest BCUT2D eigenvalue weighted by Crippen LogP contribution is 2.26. The molecule has 0 atom stereocenters. The van der Waals surface area contributed by atoms with Crippen LogP contribution in [-0.2, 0) is 20.7 Å². The van der Waals surface area contributed by atoms with Gasteiger partial charge < -0.3 is 9.47 Å². The van der Waals surface area contributed by atoms with Crippen molar-refractivity contribution in [1.82, 2.24) is 0 Å². The van der Waals surface area contributed by atoms with E-state index in [4.69, 9.17) is 9.47 Å². The fraction of sp³-hybridized carbons (Fsp3) is 0.500. The summed E-state index contributed by atoms with van der Waals surface area (Å²) in [6.07, 6.45) is 2.72. The van der Waals surface area contributed by atoms with E-state index in [-0.39, 0.29) is 12.6 Å². The highest BCUT2D eigenvalue weighted by Gasteiger charge is 2.31. The Labute approximate surface area is 144 Å². The number of ether oxygens (including phenoxy) is 2. The average molecular weight is 332 g/mol. The Bertz CT molecular complexity index is 568. The molecule has 0 aliphatic rings. The molecule has 1 aromatic carbocycles. The summed E-state index contributed by atoms with van der Waals surface area (Å²) in [7, 11) is 0. The van der Waals surface area contributed by atoms with Gasteiger partial charge in [-0.1, -0.05) is 39.5 Å². The van der Waals surface area contributed by atoms with Crippen LogP contribution in [0.15, 0.2) is 36.4 Å². The van der Waals surface area contributed by atoms with Crippen LogP contribution in [0.3, 0.4) is 0 Å². The third-order valence-electron chi connectivity index (χ3n) is 4.34. The van der Waals surface area contributed by atoms with Crippen LogP contribution in [0.2, 0.25) is 0 Å². The van der Waals surface area contributed by atoms with Crippen LogP contribution in [0.25, 0.3) is 0 Å². The number of hydrogen-bond acceptors (Lipinski definition) is 4. The first-order valence-corrected chi connectivity index (χ1v) is 8.52. The zero-order chi connectivity index (χ0) is 18.2. The second-order valence-corrected chi connectivity index (χ2v) is 6.00. The molecule has 0 saturated carbocycles. The summed E-state index contributed by atoms with van der Waals surface area (Å²) in [5, 5.41) is 0. The molecule has 0 unspecified atom stereocenters. The molecule has 1 rings (SSSR count). The molecule has 0 N–H and O–H groups in total. The Morgan fingerprint density at radius 2 is 1.67 bits per heavy atom. The van der Waals surface area contributed by atoms with Crippen molar-refractivity contribution in [2.75, 3.05) is 6.61 Å². The van der Waals surface area contributed by atoms with Crippen LogP contribution in [0.1, 0.15) is 62.9 Å². The zero-order valence-electron chi connectivity index (χ0n) is 15.2. The van der Waals surface area contributed by atoms with E-state index in [1.165, 1.54) is 5.56 Å². The van der Waals surface area contributed by atoms with Crippen LogP contribution >= 0.6 is 0 Å². The van der Waals surface area contributed by atoms with Crippen molar-refractivity contribution in [3.05, 3.63) is 47.5 Å². The van der Waals surface area contributed by atoms with Crippen LogP contribution in [0.5, 0.6) is 0 Å². The lowest BCUT2D eigenvalue weighted by atomic mass is 9.93. The number of carbonyl (C=O) groups is 2. The Morgan fingerprint density at radius 3 is 2.12 bits per heavy atom. The molecular formula is C20H28O4. The van der Waals surface area contributed by atoms with Crippen molar-refractivity contribution in [2.24, 2.45) is 0 Å². The van der Waals surface area contributed by atoms with E-state index < -0.39 is 11.6 Å². The first-order valence-electron chi connectivity index (χ1n) is 8.52. The van der Waals surface area contributed by atoms with Gasteiger partial charge in [0.2, 0.25) is 0 Å². The van der Waals surface area contributed by atoms with Gasteiger partial charge in [0.15, 0.2) is 0 Å². The molecule has 132 valence electrons. The molecule has 0 aliphatic heterocycles. The van der Waals surface area contributed by atoms with Crippen molar-refractivity contribution < 1.29 is 19.1 Å². The first-order chi connectivity index (χ1) is 11.4. The van der Waals surface area contributed by atoms with E-state index in [1.807, 2.05) is 26.0 Å². The van der Waals surface area contributed by atoms with Crippen LogP contribution in [0, 0.1) is 0 Å². The lowest BCUT2D eigenvalue weighted by Crippen LogP contribution is -2.35. The Kier molecular flexibility index (Phi) is 7.69. The number of rotatable bonds is 9. The minimum Gasteiger partial charge on any atom is -0.462 e. The van der Waals surface area contributed by atoms with Crippen molar-refractivity contribution >= 4 is 11.9 Å². The predicted molar refractivity (Wildman–Crippen MR) is 94.9 cm³/mol. The van der Waals surface area contributed by atoms with E-state index >= 15 is 0 Å². The fourth-order valence-electron chi connectivity index (χ4n) is 2.37. The van der Waals surface area contributed by atoms with Gasteiger partial charge in [-0.05, 0) is 43.9 Å². The molecule has 0 heterocycles. The molecule has 4 heteroatoms. The Morgan fingerprint density at radius 1 is 1.08 bits per heavy atom. The summed E-state index contributed by atoms with van der Waals surface area (Å²) < 4.78 is 10.9. The van der Waals surface area contributed by atoms with E-state index in [2.05, 4.69) is 13.5 Å². The second kappa shape index (κ2) is 9.26. The highest BCUT2D eigenvalue weighted by atomic mass is 16.6.